The van der Waals surface area contributed by atoms with Gasteiger partial charge in [-0.1, -0.05) is 23.4 Å². The van der Waals surface area contributed by atoms with Crippen LogP contribution in [-0.2, 0) is 4.74 Å². The van der Waals surface area contributed by atoms with Crippen molar-refractivity contribution in [1.29, 1.82) is 0 Å². The molecule has 108 valence electrons. The van der Waals surface area contributed by atoms with E-state index in [1.54, 1.807) is 18.2 Å². The Labute approximate surface area is 130 Å². The van der Waals surface area contributed by atoms with Gasteiger partial charge in [-0.2, -0.15) is 0 Å². The van der Waals surface area contributed by atoms with Crippen LogP contribution in [0.1, 0.15) is 20.7 Å². The standard InChI is InChI=1S/C15H11ClO4S/c1-20-15(19)13-8-11(6-7-12(13)14(17)18)21-10-4-2-9(16)3-5-10/h2-8H,1H3,(H,17,18). The molecule has 0 unspecified atom stereocenters. The molecule has 4 nitrogen and oxygen atoms in total. The number of carbonyl (C=O) groups is 2. The highest BCUT2D eigenvalue weighted by Crippen LogP contribution is 2.30. The summed E-state index contributed by atoms with van der Waals surface area (Å²) in [6.45, 7) is 0. The number of rotatable bonds is 4. The minimum Gasteiger partial charge on any atom is -0.478 e. The zero-order valence-corrected chi connectivity index (χ0v) is 12.6. The van der Waals surface area contributed by atoms with E-state index in [2.05, 4.69) is 4.74 Å². The van der Waals surface area contributed by atoms with Crippen LogP contribution in [0.15, 0.2) is 52.3 Å². The molecule has 2 rings (SSSR count). The fourth-order valence-corrected chi connectivity index (χ4v) is 2.67. The molecular formula is C15H11ClO4S. The van der Waals surface area contributed by atoms with Gasteiger partial charge < -0.3 is 9.84 Å². The Kier molecular flexibility index (Phi) is 4.88. The summed E-state index contributed by atoms with van der Waals surface area (Å²) in [4.78, 5) is 24.5. The maximum Gasteiger partial charge on any atom is 0.338 e. The molecule has 0 fully saturated rings. The zero-order chi connectivity index (χ0) is 15.4. The van der Waals surface area contributed by atoms with Crippen LogP contribution in [0.4, 0.5) is 0 Å². The number of benzene rings is 2. The van der Waals surface area contributed by atoms with Crippen molar-refractivity contribution in [3.05, 3.63) is 58.6 Å². The monoisotopic (exact) mass is 322 g/mol. The number of hydrogen-bond acceptors (Lipinski definition) is 4. The second-order valence-corrected chi connectivity index (χ2v) is 5.64. The number of carboxylic acids is 1. The molecule has 0 spiro atoms. The van der Waals surface area contributed by atoms with Crippen LogP contribution in [-0.4, -0.2) is 24.2 Å². The Hall–Kier alpha value is -1.98. The fourth-order valence-electron chi connectivity index (χ4n) is 1.69. The van der Waals surface area contributed by atoms with Crippen molar-refractivity contribution in [2.45, 2.75) is 9.79 Å². The van der Waals surface area contributed by atoms with Crippen molar-refractivity contribution < 1.29 is 19.4 Å². The van der Waals surface area contributed by atoms with Crippen LogP contribution in [0.25, 0.3) is 0 Å². The van der Waals surface area contributed by atoms with Crippen LogP contribution >= 0.6 is 23.4 Å². The normalized spacial score (nSPS) is 10.2. The lowest BCUT2D eigenvalue weighted by Gasteiger charge is -2.07. The molecule has 0 radical (unpaired) electrons. The third kappa shape index (κ3) is 3.77. The molecule has 0 aliphatic rings. The van der Waals surface area contributed by atoms with Crippen LogP contribution in [0.3, 0.4) is 0 Å². The summed E-state index contributed by atoms with van der Waals surface area (Å²) < 4.78 is 4.62. The molecule has 0 saturated carbocycles. The number of carboxylic acid groups (broad SMARTS) is 1. The second-order valence-electron chi connectivity index (χ2n) is 4.06. The molecule has 6 heteroatoms. The third-order valence-electron chi connectivity index (χ3n) is 2.68. The van der Waals surface area contributed by atoms with Gasteiger partial charge in [0.25, 0.3) is 0 Å². The van der Waals surface area contributed by atoms with Gasteiger partial charge in [0.2, 0.25) is 0 Å². The Morgan fingerprint density at radius 2 is 1.67 bits per heavy atom. The van der Waals surface area contributed by atoms with Crippen molar-refractivity contribution in [3.8, 4) is 0 Å². The number of carbonyl (C=O) groups excluding carboxylic acids is 1. The number of halogens is 1. The van der Waals surface area contributed by atoms with Crippen LogP contribution < -0.4 is 0 Å². The average Bonchev–Trinajstić information content (AvgIpc) is 2.48. The molecule has 0 atom stereocenters. The summed E-state index contributed by atoms with van der Waals surface area (Å²) in [5, 5.41) is 9.73. The van der Waals surface area contributed by atoms with E-state index >= 15 is 0 Å². The summed E-state index contributed by atoms with van der Waals surface area (Å²) >= 11 is 7.22. The van der Waals surface area contributed by atoms with Crippen LogP contribution in [0, 0.1) is 0 Å². The maximum atomic E-state index is 11.7. The van der Waals surface area contributed by atoms with E-state index in [0.29, 0.717) is 5.02 Å². The van der Waals surface area contributed by atoms with Gasteiger partial charge in [0.15, 0.2) is 0 Å². The Morgan fingerprint density at radius 1 is 1.05 bits per heavy atom. The fraction of sp³-hybridized carbons (Fsp3) is 0.0667. The summed E-state index contributed by atoms with van der Waals surface area (Å²) in [7, 11) is 1.22. The predicted molar refractivity (Wildman–Crippen MR) is 80.3 cm³/mol. The lowest BCUT2D eigenvalue weighted by atomic mass is 10.1. The minimum absolute atomic E-state index is 0.0314. The highest BCUT2D eigenvalue weighted by atomic mass is 35.5. The Balaban J connectivity index is 2.35. The van der Waals surface area contributed by atoms with Gasteiger partial charge in [-0.3, -0.25) is 0 Å². The summed E-state index contributed by atoms with van der Waals surface area (Å²) in [5.41, 5.74) is -0.0498. The lowest BCUT2D eigenvalue weighted by Crippen LogP contribution is -2.10. The maximum absolute atomic E-state index is 11.7. The quantitative estimate of drug-likeness (QED) is 0.863. The Bertz CT molecular complexity index is 683. The highest BCUT2D eigenvalue weighted by molar-refractivity contribution is 7.99. The molecular weight excluding hydrogens is 312 g/mol. The van der Waals surface area contributed by atoms with E-state index in [9.17, 15) is 9.59 Å². The van der Waals surface area contributed by atoms with Gasteiger partial charge in [0.05, 0.1) is 18.2 Å². The lowest BCUT2D eigenvalue weighted by molar-refractivity contribution is 0.0582. The number of aromatic carboxylic acids is 1. The highest BCUT2D eigenvalue weighted by Gasteiger charge is 2.17. The summed E-state index contributed by atoms with van der Waals surface area (Å²) in [5.74, 6) is -1.84. The van der Waals surface area contributed by atoms with Crippen LogP contribution in [0.2, 0.25) is 5.02 Å². The predicted octanol–water partition coefficient (Wildman–Crippen LogP) is 3.98. The van der Waals surface area contributed by atoms with Gasteiger partial charge in [0, 0.05) is 14.8 Å². The third-order valence-corrected chi connectivity index (χ3v) is 3.93. The molecule has 2 aromatic carbocycles. The van der Waals surface area contributed by atoms with E-state index in [4.69, 9.17) is 16.7 Å². The van der Waals surface area contributed by atoms with Crippen molar-refractivity contribution in [2.24, 2.45) is 0 Å². The molecule has 0 aromatic heterocycles. The smallest absolute Gasteiger partial charge is 0.338 e. The Morgan fingerprint density at radius 3 is 2.24 bits per heavy atom. The first-order valence-corrected chi connectivity index (χ1v) is 7.10. The number of methoxy groups -OCH3 is 1. The van der Waals surface area contributed by atoms with Gasteiger partial charge in [-0.05, 0) is 42.5 Å². The summed E-state index contributed by atoms with van der Waals surface area (Å²) in [6.07, 6.45) is 0. The molecule has 0 aliphatic carbocycles. The molecule has 21 heavy (non-hydrogen) atoms. The van der Waals surface area contributed by atoms with Gasteiger partial charge >= 0.3 is 11.9 Å². The molecule has 0 amide bonds. The first kappa shape index (κ1) is 15.4. The molecule has 0 aliphatic heterocycles. The number of esters is 1. The molecule has 0 bridgehead atoms. The van der Waals surface area contributed by atoms with Crippen molar-refractivity contribution >= 4 is 35.3 Å². The first-order valence-electron chi connectivity index (χ1n) is 5.90. The second kappa shape index (κ2) is 6.65. The van der Waals surface area contributed by atoms with Crippen molar-refractivity contribution in [1.82, 2.24) is 0 Å². The number of ether oxygens (including phenoxy) is 1. The van der Waals surface area contributed by atoms with Crippen LogP contribution in [0.5, 0.6) is 0 Å². The van der Waals surface area contributed by atoms with E-state index in [0.717, 1.165) is 9.79 Å². The molecule has 0 saturated heterocycles. The summed E-state index contributed by atoms with van der Waals surface area (Å²) in [6, 6.07) is 11.8. The first-order chi connectivity index (χ1) is 10.0. The van der Waals surface area contributed by atoms with Gasteiger partial charge in [-0.15, -0.1) is 0 Å². The van der Waals surface area contributed by atoms with E-state index in [1.165, 1.54) is 31.0 Å². The van der Waals surface area contributed by atoms with Crippen molar-refractivity contribution in [3.63, 3.8) is 0 Å². The number of hydrogen-bond donors (Lipinski definition) is 1. The van der Waals surface area contributed by atoms with E-state index in [-0.39, 0.29) is 11.1 Å². The van der Waals surface area contributed by atoms with Gasteiger partial charge in [-0.25, -0.2) is 9.59 Å². The molecule has 2 aromatic rings. The molecule has 1 N–H and O–H groups in total. The van der Waals surface area contributed by atoms with Gasteiger partial charge in [0.1, 0.15) is 0 Å². The minimum atomic E-state index is -1.17. The largest absolute Gasteiger partial charge is 0.478 e. The SMILES string of the molecule is COC(=O)c1cc(Sc2ccc(Cl)cc2)ccc1C(=O)O. The topological polar surface area (TPSA) is 63.6 Å². The van der Waals surface area contributed by atoms with Crippen molar-refractivity contribution in [2.75, 3.05) is 7.11 Å². The zero-order valence-electron chi connectivity index (χ0n) is 11.0. The molecule has 0 heterocycles. The van der Waals surface area contributed by atoms with E-state index in [1.807, 2.05) is 12.1 Å². The average molecular weight is 323 g/mol. The van der Waals surface area contributed by atoms with E-state index < -0.39 is 11.9 Å².